The van der Waals surface area contributed by atoms with Gasteiger partial charge in [0.15, 0.2) is 0 Å². The minimum absolute atomic E-state index is 0.241. The molecule has 128 valence electrons. The van der Waals surface area contributed by atoms with Gasteiger partial charge in [0.25, 0.3) is 10.0 Å². The van der Waals surface area contributed by atoms with Crippen LogP contribution in [0.4, 0.5) is 5.69 Å². The molecule has 0 saturated carbocycles. The van der Waals surface area contributed by atoms with Gasteiger partial charge in [-0.1, -0.05) is 60.7 Å². The Morgan fingerprint density at radius 2 is 1.36 bits per heavy atom. The number of hydrogen-bond donors (Lipinski definition) is 0. The molecule has 3 aromatic rings. The van der Waals surface area contributed by atoms with E-state index in [0.29, 0.717) is 5.69 Å². The molecule has 3 aromatic carbocycles. The number of halogens is 1. The third-order valence-electron chi connectivity index (χ3n) is 3.85. The van der Waals surface area contributed by atoms with Crippen LogP contribution in [-0.4, -0.2) is 8.42 Å². The van der Waals surface area contributed by atoms with E-state index in [1.54, 1.807) is 30.3 Å². The van der Waals surface area contributed by atoms with E-state index in [-0.39, 0.29) is 17.3 Å². The molecule has 0 aliphatic carbocycles. The Kier molecular flexibility index (Phi) is 5.41. The van der Waals surface area contributed by atoms with Gasteiger partial charge in [-0.15, -0.1) is 11.6 Å². The summed E-state index contributed by atoms with van der Waals surface area (Å²) in [6.07, 6.45) is 0. The van der Waals surface area contributed by atoms with Crippen molar-refractivity contribution in [3.05, 3.63) is 96.1 Å². The smallest absolute Gasteiger partial charge is 0.262 e. The highest BCUT2D eigenvalue weighted by Gasteiger charge is 2.25. The SMILES string of the molecule is O=S(=O)(c1cccc(CCl)c1)N(Cc1ccccc1)c1ccccc1. The number of sulfonamides is 1. The fraction of sp³-hybridized carbons (Fsp3) is 0.100. The zero-order chi connectivity index (χ0) is 17.7. The Bertz CT molecular complexity index is 928. The van der Waals surface area contributed by atoms with Crippen LogP contribution in [0.5, 0.6) is 0 Å². The van der Waals surface area contributed by atoms with Crippen LogP contribution in [-0.2, 0) is 22.4 Å². The largest absolute Gasteiger partial charge is 0.264 e. The lowest BCUT2D eigenvalue weighted by Gasteiger charge is -2.25. The fourth-order valence-electron chi connectivity index (χ4n) is 2.57. The van der Waals surface area contributed by atoms with Crippen LogP contribution in [0.1, 0.15) is 11.1 Å². The molecule has 0 N–H and O–H groups in total. The first-order valence-electron chi connectivity index (χ1n) is 7.88. The lowest BCUT2D eigenvalue weighted by Crippen LogP contribution is -2.30. The summed E-state index contributed by atoms with van der Waals surface area (Å²) in [5.41, 5.74) is 2.32. The van der Waals surface area contributed by atoms with Gasteiger partial charge in [0.05, 0.1) is 17.1 Å². The van der Waals surface area contributed by atoms with Gasteiger partial charge in [-0.3, -0.25) is 4.31 Å². The van der Waals surface area contributed by atoms with Gasteiger partial charge < -0.3 is 0 Å². The summed E-state index contributed by atoms with van der Waals surface area (Å²) in [4.78, 5) is 0.241. The average molecular weight is 372 g/mol. The molecular formula is C20H18ClNO2S. The minimum Gasteiger partial charge on any atom is -0.262 e. The lowest BCUT2D eigenvalue weighted by molar-refractivity contribution is 0.590. The molecular weight excluding hydrogens is 354 g/mol. The van der Waals surface area contributed by atoms with Crippen molar-refractivity contribution in [1.29, 1.82) is 0 Å². The van der Waals surface area contributed by atoms with E-state index in [1.165, 1.54) is 4.31 Å². The first-order valence-corrected chi connectivity index (χ1v) is 9.85. The summed E-state index contributed by atoms with van der Waals surface area (Å²) in [7, 11) is -3.71. The predicted octanol–water partition coefficient (Wildman–Crippen LogP) is 4.82. The van der Waals surface area contributed by atoms with Crippen LogP contribution in [0.15, 0.2) is 89.8 Å². The Balaban J connectivity index is 2.06. The normalized spacial score (nSPS) is 11.2. The van der Waals surface area contributed by atoms with Gasteiger partial charge in [-0.05, 0) is 35.4 Å². The molecule has 0 aliphatic rings. The number of rotatable bonds is 6. The molecule has 0 saturated heterocycles. The van der Waals surface area contributed by atoms with Gasteiger partial charge in [0.1, 0.15) is 0 Å². The highest BCUT2D eigenvalue weighted by atomic mass is 35.5. The van der Waals surface area contributed by atoms with E-state index in [4.69, 9.17) is 11.6 Å². The Morgan fingerprint density at radius 1 is 0.760 bits per heavy atom. The van der Waals surface area contributed by atoms with E-state index in [0.717, 1.165) is 11.1 Å². The maximum absolute atomic E-state index is 13.3. The molecule has 0 aliphatic heterocycles. The molecule has 0 unspecified atom stereocenters. The number of anilines is 1. The van der Waals surface area contributed by atoms with Crippen LogP contribution < -0.4 is 4.31 Å². The molecule has 5 heteroatoms. The van der Waals surface area contributed by atoms with Crippen LogP contribution in [0.2, 0.25) is 0 Å². The molecule has 0 spiro atoms. The molecule has 0 aromatic heterocycles. The van der Waals surface area contributed by atoms with Gasteiger partial charge in [0.2, 0.25) is 0 Å². The quantitative estimate of drug-likeness (QED) is 0.582. The van der Waals surface area contributed by atoms with E-state index < -0.39 is 10.0 Å². The number of nitrogens with zero attached hydrogens (tertiary/aromatic N) is 1. The summed E-state index contributed by atoms with van der Waals surface area (Å²) >= 11 is 5.87. The summed E-state index contributed by atoms with van der Waals surface area (Å²) in [5, 5.41) is 0. The molecule has 3 nitrogen and oxygen atoms in total. The Hall–Kier alpha value is -2.30. The van der Waals surface area contributed by atoms with E-state index in [9.17, 15) is 8.42 Å². The maximum atomic E-state index is 13.3. The zero-order valence-electron chi connectivity index (χ0n) is 13.5. The van der Waals surface area contributed by atoms with Gasteiger partial charge in [0, 0.05) is 5.88 Å². The highest BCUT2D eigenvalue weighted by molar-refractivity contribution is 7.92. The Labute approximate surface area is 153 Å². The third-order valence-corrected chi connectivity index (χ3v) is 5.93. The molecule has 0 radical (unpaired) electrons. The lowest BCUT2D eigenvalue weighted by atomic mass is 10.2. The third kappa shape index (κ3) is 4.03. The fourth-order valence-corrected chi connectivity index (χ4v) is 4.26. The monoisotopic (exact) mass is 371 g/mol. The van der Waals surface area contributed by atoms with Crippen LogP contribution in [0.25, 0.3) is 0 Å². The van der Waals surface area contributed by atoms with Gasteiger partial charge in [-0.2, -0.15) is 0 Å². The zero-order valence-corrected chi connectivity index (χ0v) is 15.1. The van der Waals surface area contributed by atoms with Crippen molar-refractivity contribution in [2.75, 3.05) is 4.31 Å². The predicted molar refractivity (Wildman–Crippen MR) is 102 cm³/mol. The van der Waals surface area contributed by atoms with E-state index in [1.807, 2.05) is 54.6 Å². The van der Waals surface area contributed by atoms with E-state index in [2.05, 4.69) is 0 Å². The van der Waals surface area contributed by atoms with Crippen molar-refractivity contribution in [2.45, 2.75) is 17.3 Å². The number of hydrogen-bond acceptors (Lipinski definition) is 2. The van der Waals surface area contributed by atoms with E-state index >= 15 is 0 Å². The maximum Gasteiger partial charge on any atom is 0.264 e. The molecule has 0 amide bonds. The molecule has 0 atom stereocenters. The van der Waals surface area contributed by atoms with Crippen molar-refractivity contribution in [2.24, 2.45) is 0 Å². The molecule has 25 heavy (non-hydrogen) atoms. The molecule has 0 heterocycles. The summed E-state index contributed by atoms with van der Waals surface area (Å²) in [5.74, 6) is 0.271. The van der Waals surface area contributed by atoms with Crippen molar-refractivity contribution in [1.82, 2.24) is 0 Å². The summed E-state index contributed by atoms with van der Waals surface area (Å²) < 4.78 is 28.0. The topological polar surface area (TPSA) is 37.4 Å². The molecule has 0 bridgehead atoms. The van der Waals surface area contributed by atoms with Crippen molar-refractivity contribution >= 4 is 27.3 Å². The molecule has 3 rings (SSSR count). The second-order valence-electron chi connectivity index (χ2n) is 5.61. The van der Waals surface area contributed by atoms with Crippen LogP contribution >= 0.6 is 11.6 Å². The van der Waals surface area contributed by atoms with Crippen molar-refractivity contribution < 1.29 is 8.42 Å². The number of para-hydroxylation sites is 1. The second-order valence-corrected chi connectivity index (χ2v) is 7.74. The number of alkyl halides is 1. The van der Waals surface area contributed by atoms with Crippen LogP contribution in [0, 0.1) is 0 Å². The van der Waals surface area contributed by atoms with Gasteiger partial charge in [-0.25, -0.2) is 8.42 Å². The molecule has 0 fully saturated rings. The first-order chi connectivity index (χ1) is 12.1. The standard InChI is InChI=1S/C20H18ClNO2S/c21-15-18-10-7-13-20(14-18)25(23,24)22(19-11-5-2-6-12-19)16-17-8-3-1-4-9-17/h1-14H,15-16H2. The summed E-state index contributed by atoms with van der Waals surface area (Å²) in [6.45, 7) is 0.262. The van der Waals surface area contributed by atoms with Crippen LogP contribution in [0.3, 0.4) is 0 Å². The van der Waals surface area contributed by atoms with Gasteiger partial charge >= 0.3 is 0 Å². The number of benzene rings is 3. The highest BCUT2D eigenvalue weighted by Crippen LogP contribution is 2.26. The Morgan fingerprint density at radius 3 is 2.00 bits per heavy atom. The minimum atomic E-state index is -3.71. The van der Waals surface area contributed by atoms with Crippen molar-refractivity contribution in [3.8, 4) is 0 Å². The summed E-state index contributed by atoms with van der Waals surface area (Å²) in [6, 6.07) is 25.4. The second kappa shape index (κ2) is 7.72. The van der Waals surface area contributed by atoms with Crippen molar-refractivity contribution in [3.63, 3.8) is 0 Å². The average Bonchev–Trinajstić information content (AvgIpc) is 2.67. The first kappa shape index (κ1) is 17.5.